The molecule has 2 aliphatic heterocycles. The van der Waals surface area contributed by atoms with Crippen LogP contribution in [0.3, 0.4) is 0 Å². The largest absolute Gasteiger partial charge is 0.342 e. The first-order valence-electron chi connectivity index (χ1n) is 9.40. The lowest BCUT2D eigenvalue weighted by Gasteiger charge is -2.31. The molecule has 2 fully saturated rings. The molecular weight excluding hydrogens is 316 g/mol. The van der Waals surface area contributed by atoms with E-state index < -0.39 is 0 Å². The summed E-state index contributed by atoms with van der Waals surface area (Å²) in [6.07, 6.45) is 9.17. The number of amides is 1. The fraction of sp³-hybridized carbons (Fsp3) is 0.667. The van der Waals surface area contributed by atoms with Crippen LogP contribution in [0.5, 0.6) is 0 Å². The number of rotatable bonds is 3. The lowest BCUT2D eigenvalue weighted by molar-refractivity contribution is -0.133. The molecule has 0 radical (unpaired) electrons. The van der Waals surface area contributed by atoms with Gasteiger partial charge in [0.1, 0.15) is 11.6 Å². The van der Waals surface area contributed by atoms with E-state index in [0.717, 1.165) is 57.0 Å². The van der Waals surface area contributed by atoms with Crippen LogP contribution in [0.15, 0.2) is 12.4 Å². The molecular formula is C18H24N6O. The topological polar surface area (TPSA) is 68.8 Å². The molecule has 2 aromatic heterocycles. The highest BCUT2D eigenvalue weighted by Gasteiger charge is 2.46. The molecule has 132 valence electrons. The average Bonchev–Trinajstić information content (AvgIpc) is 2.95. The molecule has 7 nitrogen and oxygen atoms in total. The smallest absolute Gasteiger partial charge is 0.226 e. The molecule has 1 amide bonds. The number of carbonyl (C=O) groups is 1. The van der Waals surface area contributed by atoms with Crippen LogP contribution < -0.4 is 0 Å². The van der Waals surface area contributed by atoms with Crippen molar-refractivity contribution in [2.75, 3.05) is 13.1 Å². The Hall–Kier alpha value is -2.18. The maximum atomic E-state index is 12.8. The first kappa shape index (κ1) is 15.1. The van der Waals surface area contributed by atoms with E-state index >= 15 is 0 Å². The Balaban J connectivity index is 1.20. The van der Waals surface area contributed by atoms with Crippen LogP contribution in [0, 0.1) is 5.92 Å². The first-order valence-corrected chi connectivity index (χ1v) is 9.40. The van der Waals surface area contributed by atoms with Crippen molar-refractivity contribution in [2.45, 2.75) is 50.5 Å². The van der Waals surface area contributed by atoms with Crippen LogP contribution in [0.25, 0.3) is 0 Å². The molecule has 0 spiro atoms. The quantitative estimate of drug-likeness (QED) is 0.848. The van der Waals surface area contributed by atoms with E-state index in [1.165, 1.54) is 12.0 Å². The van der Waals surface area contributed by atoms with E-state index in [-0.39, 0.29) is 5.92 Å². The van der Waals surface area contributed by atoms with Crippen molar-refractivity contribution in [3.05, 3.63) is 29.6 Å². The Morgan fingerprint density at radius 3 is 2.80 bits per heavy atom. The van der Waals surface area contributed by atoms with Gasteiger partial charge in [-0.05, 0) is 37.2 Å². The van der Waals surface area contributed by atoms with Gasteiger partial charge in [0.15, 0.2) is 0 Å². The van der Waals surface area contributed by atoms with Gasteiger partial charge < -0.3 is 9.47 Å². The summed E-state index contributed by atoms with van der Waals surface area (Å²) >= 11 is 0. The SMILES string of the molecule is Cn1cc(C2CC2C(=O)N2CCC(c3nnc4n3CCC4)CC2)cn1. The summed E-state index contributed by atoms with van der Waals surface area (Å²) in [7, 11) is 1.93. The third-order valence-corrected chi connectivity index (χ3v) is 6.07. The molecule has 2 atom stereocenters. The van der Waals surface area contributed by atoms with E-state index in [2.05, 4.69) is 24.8 Å². The number of hydrogen-bond donors (Lipinski definition) is 0. The number of likely N-dealkylation sites (tertiary alicyclic amines) is 1. The van der Waals surface area contributed by atoms with Crippen molar-refractivity contribution < 1.29 is 4.79 Å². The van der Waals surface area contributed by atoms with E-state index in [4.69, 9.17) is 0 Å². The molecule has 3 aliphatic rings. The van der Waals surface area contributed by atoms with Gasteiger partial charge in [-0.1, -0.05) is 0 Å². The van der Waals surface area contributed by atoms with E-state index in [0.29, 0.717) is 17.7 Å². The van der Waals surface area contributed by atoms with Crippen molar-refractivity contribution in [2.24, 2.45) is 13.0 Å². The first-order chi connectivity index (χ1) is 12.2. The Labute approximate surface area is 147 Å². The molecule has 0 aromatic carbocycles. The summed E-state index contributed by atoms with van der Waals surface area (Å²) in [6, 6.07) is 0. The molecule has 2 unspecified atom stereocenters. The second kappa shape index (κ2) is 5.68. The second-order valence-electron chi connectivity index (χ2n) is 7.73. The lowest BCUT2D eigenvalue weighted by atomic mass is 9.95. The fourth-order valence-corrected chi connectivity index (χ4v) is 4.54. The predicted octanol–water partition coefficient (Wildman–Crippen LogP) is 1.47. The Morgan fingerprint density at radius 2 is 2.04 bits per heavy atom. The summed E-state index contributed by atoms with van der Waals surface area (Å²) in [6.45, 7) is 2.76. The summed E-state index contributed by atoms with van der Waals surface area (Å²) < 4.78 is 4.12. The van der Waals surface area contributed by atoms with E-state index in [9.17, 15) is 4.79 Å². The maximum absolute atomic E-state index is 12.8. The second-order valence-corrected chi connectivity index (χ2v) is 7.73. The highest BCUT2D eigenvalue weighted by molar-refractivity contribution is 5.83. The summed E-state index contributed by atoms with van der Waals surface area (Å²) in [5.41, 5.74) is 1.20. The monoisotopic (exact) mass is 340 g/mol. The molecule has 7 heteroatoms. The summed E-state index contributed by atoms with van der Waals surface area (Å²) in [5, 5.41) is 13.0. The van der Waals surface area contributed by atoms with Crippen molar-refractivity contribution in [3.8, 4) is 0 Å². The highest BCUT2D eigenvalue weighted by atomic mass is 16.2. The number of piperidine rings is 1. The third kappa shape index (κ3) is 2.56. The summed E-state index contributed by atoms with van der Waals surface area (Å²) in [5.74, 6) is 3.62. The normalized spacial score (nSPS) is 26.0. The molecule has 0 bridgehead atoms. The fourth-order valence-electron chi connectivity index (χ4n) is 4.54. The maximum Gasteiger partial charge on any atom is 0.226 e. The number of aryl methyl sites for hydroxylation is 2. The van der Waals surface area contributed by atoms with Crippen molar-refractivity contribution >= 4 is 5.91 Å². The number of carbonyl (C=O) groups excluding carboxylic acids is 1. The lowest BCUT2D eigenvalue weighted by Crippen LogP contribution is -2.39. The molecule has 4 heterocycles. The van der Waals surface area contributed by atoms with Gasteiger partial charge in [0.25, 0.3) is 0 Å². The van der Waals surface area contributed by atoms with Crippen molar-refractivity contribution in [1.29, 1.82) is 0 Å². The minimum Gasteiger partial charge on any atom is -0.342 e. The third-order valence-electron chi connectivity index (χ3n) is 6.07. The molecule has 5 rings (SSSR count). The number of aromatic nitrogens is 5. The van der Waals surface area contributed by atoms with Gasteiger partial charge >= 0.3 is 0 Å². The van der Waals surface area contributed by atoms with Crippen molar-refractivity contribution in [1.82, 2.24) is 29.4 Å². The van der Waals surface area contributed by atoms with Gasteiger partial charge in [-0.25, -0.2) is 0 Å². The molecule has 0 N–H and O–H groups in total. The summed E-state index contributed by atoms with van der Waals surface area (Å²) in [4.78, 5) is 14.9. The number of hydrogen-bond acceptors (Lipinski definition) is 4. The molecule has 1 saturated heterocycles. The predicted molar refractivity (Wildman–Crippen MR) is 91.0 cm³/mol. The van der Waals surface area contributed by atoms with Gasteiger partial charge in [0.2, 0.25) is 5.91 Å². The zero-order valence-corrected chi connectivity index (χ0v) is 14.6. The standard InChI is InChI=1S/C18H24N6O/c1-22-11-13(10-19-22)14-9-15(14)18(25)23-7-4-12(5-8-23)17-21-20-16-3-2-6-24(16)17/h10-12,14-15H,2-9H2,1H3. The van der Waals surface area contributed by atoms with Crippen LogP contribution in [0.2, 0.25) is 0 Å². The van der Waals surface area contributed by atoms with Crippen LogP contribution in [0.4, 0.5) is 0 Å². The minimum atomic E-state index is 0.165. The van der Waals surface area contributed by atoms with Crippen LogP contribution in [0.1, 0.15) is 54.7 Å². The van der Waals surface area contributed by atoms with Gasteiger partial charge in [0.05, 0.1) is 6.20 Å². The Kier molecular flexibility index (Phi) is 3.43. The zero-order valence-electron chi connectivity index (χ0n) is 14.6. The molecule has 1 aliphatic carbocycles. The van der Waals surface area contributed by atoms with Crippen LogP contribution in [-0.4, -0.2) is 48.4 Å². The van der Waals surface area contributed by atoms with Gasteiger partial charge in [-0.2, -0.15) is 5.10 Å². The van der Waals surface area contributed by atoms with Gasteiger partial charge in [0, 0.05) is 51.1 Å². The van der Waals surface area contributed by atoms with Gasteiger partial charge in [-0.15, -0.1) is 10.2 Å². The number of fused-ring (bicyclic) bond motifs is 1. The minimum absolute atomic E-state index is 0.165. The van der Waals surface area contributed by atoms with E-state index in [1.807, 2.05) is 24.1 Å². The average molecular weight is 340 g/mol. The Morgan fingerprint density at radius 1 is 1.20 bits per heavy atom. The zero-order chi connectivity index (χ0) is 17.0. The van der Waals surface area contributed by atoms with E-state index in [1.54, 1.807) is 0 Å². The van der Waals surface area contributed by atoms with Crippen LogP contribution in [-0.2, 0) is 24.8 Å². The Bertz CT molecular complexity index is 800. The van der Waals surface area contributed by atoms with Gasteiger partial charge in [-0.3, -0.25) is 9.48 Å². The molecule has 1 saturated carbocycles. The number of nitrogens with zero attached hydrogens (tertiary/aromatic N) is 6. The van der Waals surface area contributed by atoms with Crippen LogP contribution >= 0.6 is 0 Å². The molecule has 25 heavy (non-hydrogen) atoms. The van der Waals surface area contributed by atoms with Crippen molar-refractivity contribution in [3.63, 3.8) is 0 Å². The molecule has 2 aromatic rings. The highest BCUT2D eigenvalue weighted by Crippen LogP contribution is 2.48.